The zero-order chi connectivity index (χ0) is 17.5. The topological polar surface area (TPSA) is 54.2 Å². The van der Waals surface area contributed by atoms with E-state index in [2.05, 4.69) is 58.0 Å². The molecule has 1 aliphatic rings. The van der Waals surface area contributed by atoms with Crippen LogP contribution in [-0.2, 0) is 12.0 Å². The summed E-state index contributed by atoms with van der Waals surface area (Å²) in [4.78, 5) is 4.38. The third-order valence-corrected chi connectivity index (χ3v) is 5.19. The maximum atomic E-state index is 4.38. The van der Waals surface area contributed by atoms with Gasteiger partial charge >= 0.3 is 0 Å². The first kappa shape index (κ1) is 20.7. The average molecular weight is 467 g/mol. The number of nitrogens with one attached hydrogen (secondary N) is 2. The van der Waals surface area contributed by atoms with Crippen LogP contribution in [-0.4, -0.2) is 35.9 Å². The highest BCUT2D eigenvalue weighted by Crippen LogP contribution is 2.43. The minimum Gasteiger partial charge on any atom is -0.356 e. The second-order valence-corrected chi connectivity index (χ2v) is 7.14. The summed E-state index contributed by atoms with van der Waals surface area (Å²) in [5, 5.41) is 11.3. The predicted molar refractivity (Wildman–Crippen MR) is 118 cm³/mol. The van der Waals surface area contributed by atoms with Gasteiger partial charge in [0.15, 0.2) is 5.96 Å². The first-order chi connectivity index (χ1) is 12.2. The van der Waals surface area contributed by atoms with Crippen molar-refractivity contribution in [2.24, 2.45) is 10.9 Å². The van der Waals surface area contributed by atoms with Gasteiger partial charge in [-0.2, -0.15) is 5.10 Å². The van der Waals surface area contributed by atoms with Crippen molar-refractivity contribution in [3.05, 3.63) is 54.4 Å². The number of aromatic nitrogens is 2. The van der Waals surface area contributed by atoms with Gasteiger partial charge in [-0.05, 0) is 30.4 Å². The number of aliphatic imine (C=N–C) groups is 1. The van der Waals surface area contributed by atoms with Gasteiger partial charge in [-0.1, -0.05) is 43.7 Å². The van der Waals surface area contributed by atoms with Crippen molar-refractivity contribution in [1.82, 2.24) is 20.4 Å². The molecule has 26 heavy (non-hydrogen) atoms. The molecule has 0 amide bonds. The first-order valence-corrected chi connectivity index (χ1v) is 9.19. The van der Waals surface area contributed by atoms with Gasteiger partial charge in [0.2, 0.25) is 0 Å². The van der Waals surface area contributed by atoms with E-state index < -0.39 is 0 Å². The van der Waals surface area contributed by atoms with Crippen LogP contribution in [0.2, 0.25) is 0 Å². The van der Waals surface area contributed by atoms with Crippen LogP contribution in [0.3, 0.4) is 0 Å². The Morgan fingerprint density at radius 3 is 2.58 bits per heavy atom. The van der Waals surface area contributed by atoms with E-state index >= 15 is 0 Å². The Morgan fingerprint density at radius 2 is 2.00 bits per heavy atom. The maximum absolute atomic E-state index is 4.38. The quantitative estimate of drug-likeness (QED) is 0.373. The number of hydrogen-bond acceptors (Lipinski definition) is 2. The van der Waals surface area contributed by atoms with Crippen molar-refractivity contribution in [3.63, 3.8) is 0 Å². The molecule has 1 atom stereocenters. The number of halogens is 1. The molecule has 5 nitrogen and oxygen atoms in total. The molecule has 0 bridgehead atoms. The monoisotopic (exact) mass is 467 g/mol. The van der Waals surface area contributed by atoms with Crippen LogP contribution in [0.25, 0.3) is 0 Å². The van der Waals surface area contributed by atoms with Crippen molar-refractivity contribution in [2.75, 3.05) is 20.1 Å². The molecule has 1 heterocycles. The SMILES string of the molecule is CN=C(NCC(C)Cn1cccn1)NCC1(c2ccccc2)CCC1.I. The molecule has 1 aromatic carbocycles. The van der Waals surface area contributed by atoms with Crippen molar-refractivity contribution in [1.29, 1.82) is 0 Å². The number of rotatable bonds is 7. The molecule has 1 aromatic heterocycles. The van der Waals surface area contributed by atoms with Crippen molar-refractivity contribution >= 4 is 29.9 Å². The van der Waals surface area contributed by atoms with Crippen LogP contribution >= 0.6 is 24.0 Å². The normalized spacial score (nSPS) is 16.9. The summed E-state index contributed by atoms with van der Waals surface area (Å²) < 4.78 is 1.97. The van der Waals surface area contributed by atoms with E-state index in [1.807, 2.05) is 30.2 Å². The Balaban J connectivity index is 0.00000243. The van der Waals surface area contributed by atoms with Gasteiger partial charge in [-0.15, -0.1) is 24.0 Å². The van der Waals surface area contributed by atoms with E-state index in [0.717, 1.165) is 25.6 Å². The number of guanidine groups is 1. The van der Waals surface area contributed by atoms with Crippen molar-refractivity contribution in [3.8, 4) is 0 Å². The van der Waals surface area contributed by atoms with E-state index in [9.17, 15) is 0 Å². The molecule has 0 aliphatic heterocycles. The fraction of sp³-hybridized carbons (Fsp3) is 0.500. The second kappa shape index (κ2) is 9.94. The molecule has 0 radical (unpaired) electrons. The molecule has 1 saturated carbocycles. The molecule has 2 N–H and O–H groups in total. The Kier molecular flexibility index (Phi) is 7.93. The highest BCUT2D eigenvalue weighted by molar-refractivity contribution is 14.0. The van der Waals surface area contributed by atoms with Gasteiger partial charge in [0.1, 0.15) is 0 Å². The molecular formula is C20H30IN5. The van der Waals surface area contributed by atoms with Gasteiger partial charge in [0.05, 0.1) is 0 Å². The lowest BCUT2D eigenvalue weighted by Crippen LogP contribution is -2.49. The van der Waals surface area contributed by atoms with Crippen molar-refractivity contribution in [2.45, 2.75) is 38.1 Å². The molecule has 142 valence electrons. The van der Waals surface area contributed by atoms with Gasteiger partial charge in [-0.25, -0.2) is 0 Å². The van der Waals surface area contributed by atoms with Gasteiger partial charge in [0, 0.05) is 44.5 Å². The molecule has 6 heteroatoms. The highest BCUT2D eigenvalue weighted by atomic mass is 127. The number of nitrogens with zero attached hydrogens (tertiary/aromatic N) is 3. The summed E-state index contributed by atoms with van der Waals surface area (Å²) in [6, 6.07) is 12.8. The Labute approximate surface area is 173 Å². The first-order valence-electron chi connectivity index (χ1n) is 9.19. The van der Waals surface area contributed by atoms with Crippen molar-refractivity contribution < 1.29 is 0 Å². The summed E-state index contributed by atoms with van der Waals surface area (Å²) in [6.07, 6.45) is 7.63. The molecule has 1 fully saturated rings. The number of benzene rings is 1. The lowest BCUT2D eigenvalue weighted by molar-refractivity contribution is 0.243. The summed E-state index contributed by atoms with van der Waals surface area (Å²) in [7, 11) is 1.84. The van der Waals surface area contributed by atoms with E-state index in [-0.39, 0.29) is 29.4 Å². The molecular weight excluding hydrogens is 437 g/mol. The smallest absolute Gasteiger partial charge is 0.191 e. The summed E-state index contributed by atoms with van der Waals surface area (Å²) >= 11 is 0. The standard InChI is InChI=1S/C20H29N5.HI/c1-17(15-25-13-7-12-24-25)14-22-19(21-2)23-16-20(10-6-11-20)18-8-4-3-5-9-18;/h3-5,7-9,12-13,17H,6,10-11,14-16H2,1-2H3,(H2,21,22,23);1H. The van der Waals surface area contributed by atoms with Crippen LogP contribution in [0.15, 0.2) is 53.8 Å². The van der Waals surface area contributed by atoms with Gasteiger partial charge in [0.25, 0.3) is 0 Å². The molecule has 0 spiro atoms. The molecule has 2 aromatic rings. The van der Waals surface area contributed by atoms with Crippen LogP contribution in [0.4, 0.5) is 0 Å². The largest absolute Gasteiger partial charge is 0.356 e. The zero-order valence-electron chi connectivity index (χ0n) is 15.7. The van der Waals surface area contributed by atoms with Crippen LogP contribution in [0.5, 0.6) is 0 Å². The highest BCUT2D eigenvalue weighted by Gasteiger charge is 2.38. The lowest BCUT2D eigenvalue weighted by atomic mass is 9.64. The van der Waals surface area contributed by atoms with Gasteiger partial charge < -0.3 is 10.6 Å². The zero-order valence-corrected chi connectivity index (χ0v) is 18.0. The third-order valence-electron chi connectivity index (χ3n) is 5.19. The van der Waals surface area contributed by atoms with E-state index in [1.165, 1.54) is 24.8 Å². The van der Waals surface area contributed by atoms with E-state index in [0.29, 0.717) is 5.92 Å². The lowest BCUT2D eigenvalue weighted by Gasteiger charge is -2.43. The second-order valence-electron chi connectivity index (χ2n) is 7.14. The predicted octanol–water partition coefficient (Wildman–Crippen LogP) is 3.42. The number of hydrogen-bond donors (Lipinski definition) is 2. The average Bonchev–Trinajstić information content (AvgIpc) is 3.10. The Hall–Kier alpha value is -1.57. The molecule has 0 saturated heterocycles. The van der Waals surface area contributed by atoms with Crippen LogP contribution in [0, 0.1) is 5.92 Å². The third kappa shape index (κ3) is 5.22. The molecule has 3 rings (SSSR count). The minimum absolute atomic E-state index is 0. The summed E-state index contributed by atoms with van der Waals surface area (Å²) in [5.41, 5.74) is 1.70. The fourth-order valence-corrected chi connectivity index (χ4v) is 3.50. The minimum atomic E-state index is 0. The summed E-state index contributed by atoms with van der Waals surface area (Å²) in [5.74, 6) is 1.36. The summed E-state index contributed by atoms with van der Waals surface area (Å²) in [6.45, 7) is 4.94. The molecule has 1 unspecified atom stereocenters. The molecule has 1 aliphatic carbocycles. The van der Waals surface area contributed by atoms with Crippen LogP contribution < -0.4 is 10.6 Å². The Bertz CT molecular complexity index is 665. The van der Waals surface area contributed by atoms with Gasteiger partial charge in [-0.3, -0.25) is 9.67 Å². The van der Waals surface area contributed by atoms with Crippen LogP contribution in [0.1, 0.15) is 31.7 Å². The maximum Gasteiger partial charge on any atom is 0.191 e. The fourth-order valence-electron chi connectivity index (χ4n) is 3.50. The van der Waals surface area contributed by atoms with E-state index in [4.69, 9.17) is 0 Å². The van der Waals surface area contributed by atoms with E-state index in [1.54, 1.807) is 0 Å². The Morgan fingerprint density at radius 1 is 1.23 bits per heavy atom.